The largest absolute Gasteiger partial charge is 0.477 e. The summed E-state index contributed by atoms with van der Waals surface area (Å²) in [4.78, 5) is 19.5. The number of carboxylic acids is 1. The number of hydrogen-bond acceptors (Lipinski definition) is 5. The number of nitrogens with zero attached hydrogens (tertiary/aromatic N) is 4. The van der Waals surface area contributed by atoms with Gasteiger partial charge in [-0.05, 0) is 13.8 Å². The van der Waals surface area contributed by atoms with Gasteiger partial charge in [-0.1, -0.05) is 0 Å². The van der Waals surface area contributed by atoms with Gasteiger partial charge < -0.3 is 10.4 Å². The Labute approximate surface area is 110 Å². The SMILES string of the molecule is Cc1cnc(CNc2c(C(=O)O)c(C)nn2C)cn1. The molecule has 0 aliphatic heterocycles. The smallest absolute Gasteiger partial charge is 0.341 e. The first kappa shape index (κ1) is 13.0. The van der Waals surface area contributed by atoms with Crippen molar-refractivity contribution in [3.8, 4) is 0 Å². The highest BCUT2D eigenvalue weighted by molar-refractivity contribution is 5.94. The van der Waals surface area contributed by atoms with Crippen LogP contribution in [0.3, 0.4) is 0 Å². The Morgan fingerprint density at radius 2 is 2.11 bits per heavy atom. The van der Waals surface area contributed by atoms with Crippen LogP contribution >= 0.6 is 0 Å². The van der Waals surface area contributed by atoms with Crippen molar-refractivity contribution >= 4 is 11.8 Å². The van der Waals surface area contributed by atoms with E-state index in [2.05, 4.69) is 20.4 Å². The number of carboxylic acid groups (broad SMARTS) is 1. The highest BCUT2D eigenvalue weighted by Crippen LogP contribution is 2.19. The molecule has 0 aliphatic carbocycles. The molecule has 0 fully saturated rings. The van der Waals surface area contributed by atoms with E-state index in [1.54, 1.807) is 26.4 Å². The Balaban J connectivity index is 2.20. The molecule has 0 unspecified atom stereocenters. The summed E-state index contributed by atoms with van der Waals surface area (Å²) in [6, 6.07) is 0. The van der Waals surface area contributed by atoms with Crippen LogP contribution in [0.2, 0.25) is 0 Å². The summed E-state index contributed by atoms with van der Waals surface area (Å²) in [5.74, 6) is -0.532. The van der Waals surface area contributed by atoms with Crippen LogP contribution in [0.5, 0.6) is 0 Å². The number of aromatic carboxylic acids is 1. The molecule has 2 N–H and O–H groups in total. The van der Waals surface area contributed by atoms with Crippen molar-refractivity contribution in [1.29, 1.82) is 0 Å². The average Bonchev–Trinajstić information content (AvgIpc) is 2.63. The highest BCUT2D eigenvalue weighted by Gasteiger charge is 2.19. The Morgan fingerprint density at radius 1 is 1.37 bits per heavy atom. The zero-order valence-electron chi connectivity index (χ0n) is 11.0. The highest BCUT2D eigenvalue weighted by atomic mass is 16.4. The number of anilines is 1. The number of carbonyl (C=O) groups is 1. The Kier molecular flexibility index (Phi) is 3.46. The van der Waals surface area contributed by atoms with Crippen molar-refractivity contribution in [2.45, 2.75) is 20.4 Å². The lowest BCUT2D eigenvalue weighted by Gasteiger charge is -2.07. The van der Waals surface area contributed by atoms with Crippen LogP contribution in [0.4, 0.5) is 5.82 Å². The zero-order chi connectivity index (χ0) is 14.0. The topological polar surface area (TPSA) is 92.9 Å². The quantitative estimate of drug-likeness (QED) is 0.857. The maximum atomic E-state index is 11.2. The molecule has 0 atom stereocenters. The fourth-order valence-corrected chi connectivity index (χ4v) is 1.80. The molecule has 0 saturated heterocycles. The van der Waals surface area contributed by atoms with E-state index >= 15 is 0 Å². The molecule has 2 rings (SSSR count). The van der Waals surface area contributed by atoms with Gasteiger partial charge in [0.1, 0.15) is 11.4 Å². The van der Waals surface area contributed by atoms with Crippen molar-refractivity contribution in [1.82, 2.24) is 19.7 Å². The van der Waals surface area contributed by atoms with Gasteiger partial charge in [0.25, 0.3) is 0 Å². The van der Waals surface area contributed by atoms with Gasteiger partial charge in [-0.2, -0.15) is 5.10 Å². The molecule has 7 nitrogen and oxygen atoms in total. The predicted octanol–water partition coefficient (Wildman–Crippen LogP) is 1.14. The molecule has 0 saturated carbocycles. The molecular weight excluding hydrogens is 246 g/mol. The summed E-state index contributed by atoms with van der Waals surface area (Å²) in [7, 11) is 1.70. The average molecular weight is 261 g/mol. The molecule has 19 heavy (non-hydrogen) atoms. The maximum Gasteiger partial charge on any atom is 0.341 e. The van der Waals surface area contributed by atoms with Crippen LogP contribution in [-0.4, -0.2) is 30.8 Å². The van der Waals surface area contributed by atoms with Crippen LogP contribution in [0.1, 0.15) is 27.4 Å². The molecule has 0 spiro atoms. The van der Waals surface area contributed by atoms with Gasteiger partial charge in [0.05, 0.1) is 29.8 Å². The van der Waals surface area contributed by atoms with Crippen LogP contribution in [0.15, 0.2) is 12.4 Å². The molecule has 2 heterocycles. The van der Waals surface area contributed by atoms with E-state index < -0.39 is 5.97 Å². The van der Waals surface area contributed by atoms with Gasteiger partial charge in [-0.3, -0.25) is 14.6 Å². The summed E-state index contributed by atoms with van der Waals surface area (Å²) >= 11 is 0. The lowest BCUT2D eigenvalue weighted by molar-refractivity contribution is 0.0697. The molecule has 0 amide bonds. The molecule has 7 heteroatoms. The number of rotatable bonds is 4. The van der Waals surface area contributed by atoms with Crippen molar-refractivity contribution in [2.75, 3.05) is 5.32 Å². The first-order valence-electron chi connectivity index (χ1n) is 5.77. The normalized spacial score (nSPS) is 10.5. The van der Waals surface area contributed by atoms with Gasteiger partial charge in [0.15, 0.2) is 0 Å². The molecular formula is C12H15N5O2. The molecule has 0 aromatic carbocycles. The zero-order valence-corrected chi connectivity index (χ0v) is 11.0. The van der Waals surface area contributed by atoms with E-state index in [9.17, 15) is 9.90 Å². The Hall–Kier alpha value is -2.44. The minimum Gasteiger partial charge on any atom is -0.477 e. The van der Waals surface area contributed by atoms with Crippen molar-refractivity contribution in [3.63, 3.8) is 0 Å². The predicted molar refractivity (Wildman–Crippen MR) is 69.0 cm³/mol. The van der Waals surface area contributed by atoms with Gasteiger partial charge in [-0.15, -0.1) is 0 Å². The van der Waals surface area contributed by atoms with E-state index in [-0.39, 0.29) is 5.56 Å². The minimum atomic E-state index is -0.997. The second kappa shape index (κ2) is 5.05. The molecule has 0 bridgehead atoms. The summed E-state index contributed by atoms with van der Waals surface area (Å²) in [5, 5.41) is 16.3. The van der Waals surface area contributed by atoms with Gasteiger partial charge in [0, 0.05) is 13.2 Å². The standard InChI is InChI=1S/C12H15N5O2/c1-7-4-14-9(5-13-7)6-15-11-10(12(18)19)8(2)16-17(11)3/h4-5,15H,6H2,1-3H3,(H,18,19). The van der Waals surface area contributed by atoms with Gasteiger partial charge in [-0.25, -0.2) is 4.79 Å². The van der Waals surface area contributed by atoms with Crippen LogP contribution in [-0.2, 0) is 13.6 Å². The fourth-order valence-electron chi connectivity index (χ4n) is 1.80. The third-order valence-corrected chi connectivity index (χ3v) is 2.71. The van der Waals surface area contributed by atoms with Crippen LogP contribution in [0, 0.1) is 13.8 Å². The van der Waals surface area contributed by atoms with Crippen molar-refractivity contribution < 1.29 is 9.90 Å². The van der Waals surface area contributed by atoms with Crippen molar-refractivity contribution in [3.05, 3.63) is 35.0 Å². The minimum absolute atomic E-state index is 0.183. The van der Waals surface area contributed by atoms with Crippen LogP contribution in [0.25, 0.3) is 0 Å². The second-order valence-electron chi connectivity index (χ2n) is 4.24. The fraction of sp³-hybridized carbons (Fsp3) is 0.333. The Morgan fingerprint density at radius 3 is 2.68 bits per heavy atom. The summed E-state index contributed by atoms with van der Waals surface area (Å²) in [6.07, 6.45) is 3.33. The number of aromatic nitrogens is 4. The van der Waals surface area contributed by atoms with E-state index in [1.807, 2.05) is 6.92 Å². The third kappa shape index (κ3) is 2.70. The Bertz CT molecular complexity index is 603. The van der Waals surface area contributed by atoms with E-state index in [4.69, 9.17) is 0 Å². The van der Waals surface area contributed by atoms with E-state index in [0.29, 0.717) is 18.1 Å². The maximum absolute atomic E-state index is 11.2. The van der Waals surface area contributed by atoms with E-state index in [0.717, 1.165) is 11.4 Å². The lowest BCUT2D eigenvalue weighted by Crippen LogP contribution is -2.10. The van der Waals surface area contributed by atoms with Gasteiger partial charge >= 0.3 is 5.97 Å². The number of nitrogens with one attached hydrogen (secondary N) is 1. The summed E-state index contributed by atoms with van der Waals surface area (Å²) in [5.41, 5.74) is 2.24. The summed E-state index contributed by atoms with van der Waals surface area (Å²) < 4.78 is 1.51. The first-order valence-corrected chi connectivity index (χ1v) is 5.77. The number of aryl methyl sites for hydroxylation is 3. The number of hydrogen-bond donors (Lipinski definition) is 2. The molecule has 2 aromatic rings. The molecule has 100 valence electrons. The third-order valence-electron chi connectivity index (χ3n) is 2.71. The molecule has 0 radical (unpaired) electrons. The first-order chi connectivity index (χ1) is 8.99. The second-order valence-corrected chi connectivity index (χ2v) is 4.24. The summed E-state index contributed by atoms with van der Waals surface area (Å²) in [6.45, 7) is 3.92. The van der Waals surface area contributed by atoms with E-state index in [1.165, 1.54) is 4.68 Å². The lowest BCUT2D eigenvalue weighted by atomic mass is 10.2. The monoisotopic (exact) mass is 261 g/mol. The van der Waals surface area contributed by atoms with Gasteiger partial charge in [0.2, 0.25) is 0 Å². The molecule has 2 aromatic heterocycles. The van der Waals surface area contributed by atoms with Crippen molar-refractivity contribution in [2.24, 2.45) is 7.05 Å². The van der Waals surface area contributed by atoms with Crippen LogP contribution < -0.4 is 5.32 Å². The molecule has 0 aliphatic rings.